The van der Waals surface area contributed by atoms with Gasteiger partial charge in [-0.05, 0) is 31.0 Å². The summed E-state index contributed by atoms with van der Waals surface area (Å²) in [5.74, 6) is 0.390. The van der Waals surface area contributed by atoms with Crippen molar-refractivity contribution in [3.63, 3.8) is 0 Å². The number of rotatable bonds is 6. The molecule has 0 radical (unpaired) electrons. The number of nitrogens with two attached hydrogens (primary N) is 1. The normalized spacial score (nSPS) is 13.6. The first-order valence-electron chi connectivity index (χ1n) is 6.12. The first kappa shape index (κ1) is 15.0. The molecule has 1 rings (SSSR count). The molecule has 1 atom stereocenters. The van der Waals surface area contributed by atoms with E-state index in [9.17, 15) is 8.42 Å². The quantitative estimate of drug-likeness (QED) is 0.828. The lowest BCUT2D eigenvalue weighted by Gasteiger charge is -2.24. The summed E-state index contributed by atoms with van der Waals surface area (Å²) in [6.07, 6.45) is 2.04. The second-order valence-corrected chi connectivity index (χ2v) is 6.82. The smallest absolute Gasteiger partial charge is 0.177 e. The standard InChI is InChI=1S/C13H22N2O2S/c1-10(2)11(8-9-14)15-12-6-4-5-7-13(12)18(3,16)17/h4-7,10-11,15H,8-9,14H2,1-3H3. The molecule has 102 valence electrons. The molecular formula is C13H22N2O2S. The Kier molecular flexibility index (Phi) is 5.16. The van der Waals surface area contributed by atoms with E-state index < -0.39 is 9.84 Å². The molecule has 0 fully saturated rings. The first-order valence-corrected chi connectivity index (χ1v) is 8.01. The summed E-state index contributed by atoms with van der Waals surface area (Å²) in [4.78, 5) is 0.340. The van der Waals surface area contributed by atoms with E-state index in [4.69, 9.17) is 5.73 Å². The van der Waals surface area contributed by atoms with E-state index in [1.165, 1.54) is 6.26 Å². The van der Waals surface area contributed by atoms with Gasteiger partial charge in [-0.15, -0.1) is 0 Å². The maximum atomic E-state index is 11.7. The van der Waals surface area contributed by atoms with Crippen LogP contribution >= 0.6 is 0 Å². The molecule has 0 aliphatic carbocycles. The molecule has 5 heteroatoms. The summed E-state index contributed by atoms with van der Waals surface area (Å²) in [5, 5.41) is 3.30. The largest absolute Gasteiger partial charge is 0.381 e. The van der Waals surface area contributed by atoms with Crippen LogP contribution < -0.4 is 11.1 Å². The van der Waals surface area contributed by atoms with Crippen molar-refractivity contribution in [1.82, 2.24) is 0 Å². The average Bonchev–Trinajstić information content (AvgIpc) is 2.27. The van der Waals surface area contributed by atoms with Gasteiger partial charge in [-0.2, -0.15) is 0 Å². The third-order valence-electron chi connectivity index (χ3n) is 2.91. The predicted octanol–water partition coefficient (Wildman–Crippen LogP) is 1.88. The van der Waals surface area contributed by atoms with Gasteiger partial charge in [0.2, 0.25) is 0 Å². The number of anilines is 1. The van der Waals surface area contributed by atoms with Crippen LogP contribution in [0.3, 0.4) is 0 Å². The molecule has 0 aromatic heterocycles. The maximum absolute atomic E-state index is 11.7. The summed E-state index contributed by atoms with van der Waals surface area (Å²) < 4.78 is 23.4. The molecule has 18 heavy (non-hydrogen) atoms. The van der Waals surface area contributed by atoms with Crippen LogP contribution in [-0.2, 0) is 9.84 Å². The van der Waals surface area contributed by atoms with Crippen LogP contribution in [0.5, 0.6) is 0 Å². The number of hydrogen-bond donors (Lipinski definition) is 2. The fourth-order valence-corrected chi connectivity index (χ4v) is 2.71. The highest BCUT2D eigenvalue weighted by Gasteiger charge is 2.17. The molecule has 0 aliphatic rings. The summed E-state index contributed by atoms with van der Waals surface area (Å²) >= 11 is 0. The van der Waals surface area contributed by atoms with Crippen molar-refractivity contribution in [2.75, 3.05) is 18.1 Å². The third kappa shape index (κ3) is 3.99. The van der Waals surface area contributed by atoms with Gasteiger partial charge in [0.1, 0.15) is 0 Å². The molecule has 4 nitrogen and oxygen atoms in total. The van der Waals surface area contributed by atoms with Crippen LogP contribution in [0.15, 0.2) is 29.2 Å². The Balaban J connectivity index is 3.03. The second kappa shape index (κ2) is 6.20. The van der Waals surface area contributed by atoms with Crippen molar-refractivity contribution in [2.45, 2.75) is 31.2 Å². The monoisotopic (exact) mass is 270 g/mol. The molecular weight excluding hydrogens is 248 g/mol. The van der Waals surface area contributed by atoms with Gasteiger partial charge in [-0.3, -0.25) is 0 Å². The van der Waals surface area contributed by atoms with E-state index >= 15 is 0 Å². The van der Waals surface area contributed by atoms with Gasteiger partial charge in [0, 0.05) is 12.3 Å². The van der Waals surface area contributed by atoms with E-state index in [0.717, 1.165) is 6.42 Å². The molecule has 0 aliphatic heterocycles. The van der Waals surface area contributed by atoms with Crippen LogP contribution in [0.1, 0.15) is 20.3 Å². The van der Waals surface area contributed by atoms with Crippen LogP contribution in [0.25, 0.3) is 0 Å². The summed E-state index contributed by atoms with van der Waals surface area (Å²) in [6.45, 7) is 4.77. The van der Waals surface area contributed by atoms with E-state index in [-0.39, 0.29) is 6.04 Å². The number of hydrogen-bond acceptors (Lipinski definition) is 4. The number of benzene rings is 1. The van der Waals surface area contributed by atoms with E-state index in [0.29, 0.717) is 23.0 Å². The van der Waals surface area contributed by atoms with Crippen LogP contribution in [0.4, 0.5) is 5.69 Å². The molecule has 3 N–H and O–H groups in total. The summed E-state index contributed by atoms with van der Waals surface area (Å²) in [6, 6.07) is 7.16. The van der Waals surface area contributed by atoms with Crippen LogP contribution in [0, 0.1) is 5.92 Å². The fraction of sp³-hybridized carbons (Fsp3) is 0.538. The summed E-state index contributed by atoms with van der Waals surface area (Å²) in [5.41, 5.74) is 6.25. The first-order chi connectivity index (χ1) is 8.36. The molecule has 1 unspecified atom stereocenters. The molecule has 0 spiro atoms. The Hall–Kier alpha value is -1.07. The van der Waals surface area contributed by atoms with Gasteiger partial charge >= 0.3 is 0 Å². The number of sulfone groups is 1. The highest BCUT2D eigenvalue weighted by molar-refractivity contribution is 7.90. The lowest BCUT2D eigenvalue weighted by molar-refractivity contribution is 0.498. The van der Waals surface area contributed by atoms with Crippen molar-refractivity contribution in [1.29, 1.82) is 0 Å². The fourth-order valence-electron chi connectivity index (χ4n) is 1.86. The summed E-state index contributed by atoms with van der Waals surface area (Å²) in [7, 11) is -3.21. The van der Waals surface area contributed by atoms with Crippen molar-refractivity contribution in [3.8, 4) is 0 Å². The molecule has 1 aromatic rings. The minimum Gasteiger partial charge on any atom is -0.381 e. The topological polar surface area (TPSA) is 72.2 Å². The Bertz CT molecular complexity index is 484. The van der Waals surface area contributed by atoms with Gasteiger partial charge in [-0.1, -0.05) is 26.0 Å². The van der Waals surface area contributed by atoms with Gasteiger partial charge in [0.15, 0.2) is 9.84 Å². The zero-order valence-corrected chi connectivity index (χ0v) is 12.0. The van der Waals surface area contributed by atoms with Crippen molar-refractivity contribution in [2.24, 2.45) is 11.7 Å². The molecule has 0 heterocycles. The van der Waals surface area contributed by atoms with E-state index in [1.54, 1.807) is 18.2 Å². The van der Waals surface area contributed by atoms with Gasteiger partial charge in [0.05, 0.1) is 10.6 Å². The Labute approximate surface area is 110 Å². The molecule has 0 amide bonds. The lowest BCUT2D eigenvalue weighted by Crippen LogP contribution is -2.29. The van der Waals surface area contributed by atoms with Gasteiger partial charge in [-0.25, -0.2) is 8.42 Å². The second-order valence-electron chi connectivity index (χ2n) is 4.84. The molecule has 0 saturated heterocycles. The zero-order chi connectivity index (χ0) is 13.8. The Morgan fingerprint density at radius 2 is 1.89 bits per heavy atom. The van der Waals surface area contributed by atoms with Gasteiger partial charge in [0.25, 0.3) is 0 Å². The number of nitrogens with one attached hydrogen (secondary N) is 1. The Morgan fingerprint density at radius 1 is 1.28 bits per heavy atom. The third-order valence-corrected chi connectivity index (χ3v) is 4.06. The lowest BCUT2D eigenvalue weighted by atomic mass is 10.0. The predicted molar refractivity (Wildman–Crippen MR) is 75.5 cm³/mol. The molecule has 1 aromatic carbocycles. The minimum atomic E-state index is -3.21. The Morgan fingerprint density at radius 3 is 2.39 bits per heavy atom. The zero-order valence-electron chi connectivity index (χ0n) is 11.2. The van der Waals surface area contributed by atoms with Gasteiger partial charge < -0.3 is 11.1 Å². The number of para-hydroxylation sites is 1. The average molecular weight is 270 g/mol. The van der Waals surface area contributed by atoms with Crippen LogP contribution in [0.2, 0.25) is 0 Å². The van der Waals surface area contributed by atoms with Crippen molar-refractivity contribution in [3.05, 3.63) is 24.3 Å². The van der Waals surface area contributed by atoms with Crippen molar-refractivity contribution >= 4 is 15.5 Å². The van der Waals surface area contributed by atoms with E-state index in [2.05, 4.69) is 19.2 Å². The van der Waals surface area contributed by atoms with E-state index in [1.807, 2.05) is 6.07 Å². The molecule has 0 bridgehead atoms. The molecule has 0 saturated carbocycles. The van der Waals surface area contributed by atoms with Crippen molar-refractivity contribution < 1.29 is 8.42 Å². The highest BCUT2D eigenvalue weighted by Crippen LogP contribution is 2.23. The highest BCUT2D eigenvalue weighted by atomic mass is 32.2. The SMILES string of the molecule is CC(C)C(CCN)Nc1ccccc1S(C)(=O)=O. The minimum absolute atomic E-state index is 0.179. The maximum Gasteiger partial charge on any atom is 0.177 e. The van der Waals surface area contributed by atoms with Crippen LogP contribution in [-0.4, -0.2) is 27.3 Å².